The van der Waals surface area contributed by atoms with Crippen LogP contribution in [0.15, 0.2) is 18.2 Å². The van der Waals surface area contributed by atoms with Crippen LogP contribution in [-0.2, 0) is 9.47 Å². The predicted molar refractivity (Wildman–Crippen MR) is 76.0 cm³/mol. The Hall–Kier alpha value is -1.00. The molecular formula is C17H22F2O2. The number of halogens is 2. The summed E-state index contributed by atoms with van der Waals surface area (Å²) in [5, 5.41) is 0. The molecule has 116 valence electrons. The fourth-order valence-corrected chi connectivity index (χ4v) is 3.48. The maximum atomic E-state index is 13.4. The SMILES string of the molecule is Fc1ccc(C2CCCC(C3OCCCO3)CC2)cc1F. The van der Waals surface area contributed by atoms with Gasteiger partial charge in [0.2, 0.25) is 0 Å². The summed E-state index contributed by atoms with van der Waals surface area (Å²) in [5.74, 6) is -0.768. The molecule has 4 heteroatoms. The van der Waals surface area contributed by atoms with Crippen molar-refractivity contribution >= 4 is 0 Å². The highest BCUT2D eigenvalue weighted by Gasteiger charge is 2.29. The molecule has 0 amide bonds. The van der Waals surface area contributed by atoms with Gasteiger partial charge in [0.1, 0.15) is 0 Å². The van der Waals surface area contributed by atoms with Crippen LogP contribution < -0.4 is 0 Å². The second-order valence-corrected chi connectivity index (χ2v) is 6.10. The summed E-state index contributed by atoms with van der Waals surface area (Å²) in [4.78, 5) is 0. The number of hydrogen-bond acceptors (Lipinski definition) is 2. The van der Waals surface area contributed by atoms with Gasteiger partial charge in [-0.3, -0.25) is 0 Å². The number of hydrogen-bond donors (Lipinski definition) is 0. The zero-order valence-electron chi connectivity index (χ0n) is 12.2. The molecule has 1 aliphatic heterocycles. The first-order valence-corrected chi connectivity index (χ1v) is 7.92. The van der Waals surface area contributed by atoms with E-state index >= 15 is 0 Å². The van der Waals surface area contributed by atoms with Gasteiger partial charge < -0.3 is 9.47 Å². The molecule has 2 atom stereocenters. The quantitative estimate of drug-likeness (QED) is 0.753. The van der Waals surface area contributed by atoms with Crippen molar-refractivity contribution in [2.24, 2.45) is 5.92 Å². The lowest BCUT2D eigenvalue weighted by molar-refractivity contribution is -0.206. The highest BCUT2D eigenvalue weighted by molar-refractivity contribution is 5.22. The first-order chi connectivity index (χ1) is 10.2. The zero-order chi connectivity index (χ0) is 14.7. The van der Waals surface area contributed by atoms with E-state index in [9.17, 15) is 8.78 Å². The Labute approximate surface area is 124 Å². The second-order valence-electron chi connectivity index (χ2n) is 6.10. The molecule has 21 heavy (non-hydrogen) atoms. The fraction of sp³-hybridized carbons (Fsp3) is 0.647. The van der Waals surface area contributed by atoms with Gasteiger partial charge in [-0.2, -0.15) is 0 Å². The van der Waals surface area contributed by atoms with Crippen molar-refractivity contribution in [1.82, 2.24) is 0 Å². The maximum Gasteiger partial charge on any atom is 0.160 e. The number of benzene rings is 1. The van der Waals surface area contributed by atoms with Crippen molar-refractivity contribution in [2.45, 2.75) is 50.7 Å². The minimum Gasteiger partial charge on any atom is -0.352 e. The number of ether oxygens (including phenoxy) is 2. The molecule has 1 saturated heterocycles. The Morgan fingerprint density at radius 3 is 2.43 bits per heavy atom. The molecule has 3 rings (SSSR count). The molecule has 2 fully saturated rings. The summed E-state index contributed by atoms with van der Waals surface area (Å²) in [6.45, 7) is 1.57. The Morgan fingerprint density at radius 1 is 0.857 bits per heavy atom. The van der Waals surface area contributed by atoms with Crippen molar-refractivity contribution in [1.29, 1.82) is 0 Å². The van der Waals surface area contributed by atoms with Gasteiger partial charge in [0.15, 0.2) is 17.9 Å². The van der Waals surface area contributed by atoms with Gasteiger partial charge in [0.25, 0.3) is 0 Å². The van der Waals surface area contributed by atoms with Crippen LogP contribution in [0.1, 0.15) is 50.0 Å². The topological polar surface area (TPSA) is 18.5 Å². The molecule has 0 bridgehead atoms. The van der Waals surface area contributed by atoms with Crippen molar-refractivity contribution in [3.63, 3.8) is 0 Å². The first-order valence-electron chi connectivity index (χ1n) is 7.92. The molecule has 2 unspecified atom stereocenters. The predicted octanol–water partition coefficient (Wildman–Crippen LogP) is 4.39. The molecular weight excluding hydrogens is 274 g/mol. The van der Waals surface area contributed by atoms with Gasteiger partial charge in [-0.15, -0.1) is 0 Å². The van der Waals surface area contributed by atoms with E-state index in [1.165, 1.54) is 12.1 Å². The lowest BCUT2D eigenvalue weighted by Gasteiger charge is -2.29. The maximum absolute atomic E-state index is 13.4. The van der Waals surface area contributed by atoms with Crippen LogP contribution in [-0.4, -0.2) is 19.5 Å². The third-order valence-electron chi connectivity index (χ3n) is 4.67. The Morgan fingerprint density at radius 2 is 1.67 bits per heavy atom. The van der Waals surface area contributed by atoms with Crippen LogP contribution in [0.4, 0.5) is 8.78 Å². The molecule has 1 heterocycles. The largest absolute Gasteiger partial charge is 0.352 e. The van der Waals surface area contributed by atoms with Crippen molar-refractivity contribution < 1.29 is 18.3 Å². The highest BCUT2D eigenvalue weighted by atomic mass is 19.2. The van der Waals surface area contributed by atoms with Gasteiger partial charge in [0, 0.05) is 5.92 Å². The second kappa shape index (κ2) is 6.84. The minimum absolute atomic E-state index is 0.0672. The summed E-state index contributed by atoms with van der Waals surface area (Å²) in [7, 11) is 0. The Kier molecular flexibility index (Phi) is 4.86. The fourth-order valence-electron chi connectivity index (χ4n) is 3.48. The molecule has 1 aliphatic carbocycles. The normalized spacial score (nSPS) is 28.3. The van der Waals surface area contributed by atoms with Crippen LogP contribution in [0.2, 0.25) is 0 Å². The van der Waals surface area contributed by atoms with E-state index in [-0.39, 0.29) is 6.29 Å². The van der Waals surface area contributed by atoms with Crippen LogP contribution in [0, 0.1) is 17.6 Å². The lowest BCUT2D eigenvalue weighted by atomic mass is 9.91. The van der Waals surface area contributed by atoms with E-state index in [1.807, 2.05) is 0 Å². The van der Waals surface area contributed by atoms with E-state index in [1.54, 1.807) is 6.07 Å². The van der Waals surface area contributed by atoms with Crippen molar-refractivity contribution in [3.05, 3.63) is 35.4 Å². The van der Waals surface area contributed by atoms with Crippen LogP contribution >= 0.6 is 0 Å². The van der Waals surface area contributed by atoms with E-state index in [0.29, 0.717) is 11.8 Å². The standard InChI is InChI=1S/C17H22F2O2/c18-15-8-7-14(11-16(15)19)12-3-1-4-13(6-5-12)17-20-9-2-10-21-17/h7-8,11-13,17H,1-6,9-10H2. The van der Waals surface area contributed by atoms with Crippen molar-refractivity contribution in [2.75, 3.05) is 13.2 Å². The molecule has 0 spiro atoms. The van der Waals surface area contributed by atoms with E-state index < -0.39 is 11.6 Å². The summed E-state index contributed by atoms with van der Waals surface area (Å²) in [6, 6.07) is 4.31. The average Bonchev–Trinajstić information content (AvgIpc) is 2.77. The zero-order valence-corrected chi connectivity index (χ0v) is 12.2. The third-order valence-corrected chi connectivity index (χ3v) is 4.67. The summed E-state index contributed by atoms with van der Waals surface area (Å²) < 4.78 is 37.9. The van der Waals surface area contributed by atoms with Gasteiger partial charge in [-0.1, -0.05) is 12.5 Å². The highest BCUT2D eigenvalue weighted by Crippen LogP contribution is 2.37. The number of rotatable bonds is 2. The molecule has 0 aromatic heterocycles. The van der Waals surface area contributed by atoms with Gasteiger partial charge in [-0.05, 0) is 55.7 Å². The summed E-state index contributed by atoms with van der Waals surface area (Å²) in [5.41, 5.74) is 0.917. The average molecular weight is 296 g/mol. The van der Waals surface area contributed by atoms with Crippen LogP contribution in [0.5, 0.6) is 0 Å². The van der Waals surface area contributed by atoms with Gasteiger partial charge in [-0.25, -0.2) is 8.78 Å². The van der Waals surface area contributed by atoms with E-state index in [2.05, 4.69) is 0 Å². The summed E-state index contributed by atoms with van der Waals surface area (Å²) in [6.07, 6.45) is 6.10. The lowest BCUT2D eigenvalue weighted by Crippen LogP contribution is -2.32. The molecule has 2 nitrogen and oxygen atoms in total. The van der Waals surface area contributed by atoms with Crippen LogP contribution in [0.25, 0.3) is 0 Å². The third kappa shape index (κ3) is 3.61. The molecule has 0 radical (unpaired) electrons. The van der Waals surface area contributed by atoms with Crippen LogP contribution in [0.3, 0.4) is 0 Å². The Balaban J connectivity index is 1.63. The van der Waals surface area contributed by atoms with E-state index in [0.717, 1.165) is 57.3 Å². The molecule has 0 N–H and O–H groups in total. The monoisotopic (exact) mass is 296 g/mol. The molecule has 1 aromatic rings. The van der Waals surface area contributed by atoms with Gasteiger partial charge in [0.05, 0.1) is 13.2 Å². The van der Waals surface area contributed by atoms with E-state index in [4.69, 9.17) is 9.47 Å². The molecule has 1 saturated carbocycles. The smallest absolute Gasteiger partial charge is 0.160 e. The Bertz CT molecular complexity index is 472. The first kappa shape index (κ1) is 14.9. The summed E-state index contributed by atoms with van der Waals surface area (Å²) >= 11 is 0. The molecule has 1 aromatic carbocycles. The minimum atomic E-state index is -0.769. The van der Waals surface area contributed by atoms with Gasteiger partial charge >= 0.3 is 0 Å². The van der Waals surface area contributed by atoms with Crippen molar-refractivity contribution in [3.8, 4) is 0 Å². The molecule has 2 aliphatic rings.